The number of rotatable bonds is 6. The summed E-state index contributed by atoms with van der Waals surface area (Å²) in [6.07, 6.45) is 1.95. The Morgan fingerprint density at radius 2 is 2.00 bits per heavy atom. The second-order valence-corrected chi connectivity index (χ2v) is 7.94. The van der Waals surface area contributed by atoms with Gasteiger partial charge in [0.1, 0.15) is 6.10 Å². The van der Waals surface area contributed by atoms with Crippen LogP contribution in [-0.4, -0.2) is 26.8 Å². The second kappa shape index (κ2) is 9.20. The Morgan fingerprint density at radius 1 is 1.22 bits per heavy atom. The van der Waals surface area contributed by atoms with Gasteiger partial charge in [-0.05, 0) is 55.5 Å². The maximum absolute atomic E-state index is 13.8. The zero-order chi connectivity index (χ0) is 22.7. The van der Waals surface area contributed by atoms with Crippen molar-refractivity contribution >= 4 is 17.5 Å². The van der Waals surface area contributed by atoms with E-state index in [0.717, 1.165) is 31.9 Å². The number of alkyl halides is 3. The van der Waals surface area contributed by atoms with Gasteiger partial charge in [-0.15, -0.1) is 0 Å². The SMILES string of the molecule is O=C(NCc1ccnc(OC2CCCC2)c1)c1cnn(-c2cccc(Cl)c2)c1C(F)(F)F. The van der Waals surface area contributed by atoms with E-state index in [1.807, 2.05) is 0 Å². The molecule has 2 aromatic heterocycles. The molecule has 32 heavy (non-hydrogen) atoms. The third kappa shape index (κ3) is 5.04. The maximum Gasteiger partial charge on any atom is 0.434 e. The number of benzene rings is 1. The highest BCUT2D eigenvalue weighted by molar-refractivity contribution is 6.30. The van der Waals surface area contributed by atoms with Crippen LogP contribution < -0.4 is 10.1 Å². The van der Waals surface area contributed by atoms with Crippen LogP contribution in [0.15, 0.2) is 48.8 Å². The van der Waals surface area contributed by atoms with Gasteiger partial charge in [-0.3, -0.25) is 4.79 Å². The molecular weight excluding hydrogens is 445 g/mol. The molecule has 1 aliphatic carbocycles. The topological polar surface area (TPSA) is 69.0 Å². The first-order valence-electron chi connectivity index (χ1n) is 10.1. The van der Waals surface area contributed by atoms with E-state index in [1.165, 1.54) is 24.3 Å². The van der Waals surface area contributed by atoms with Gasteiger partial charge in [0.2, 0.25) is 5.88 Å². The lowest BCUT2D eigenvalue weighted by molar-refractivity contribution is -0.143. The third-order valence-corrected chi connectivity index (χ3v) is 5.41. The van der Waals surface area contributed by atoms with Crippen molar-refractivity contribution in [2.75, 3.05) is 0 Å². The van der Waals surface area contributed by atoms with Crippen LogP contribution >= 0.6 is 11.6 Å². The van der Waals surface area contributed by atoms with Gasteiger partial charge in [0, 0.05) is 23.8 Å². The van der Waals surface area contributed by atoms with E-state index in [0.29, 0.717) is 16.1 Å². The van der Waals surface area contributed by atoms with Crippen molar-refractivity contribution in [3.8, 4) is 11.6 Å². The lowest BCUT2D eigenvalue weighted by Crippen LogP contribution is -2.26. The molecule has 2 heterocycles. The Morgan fingerprint density at radius 3 is 2.72 bits per heavy atom. The van der Waals surface area contributed by atoms with Crippen LogP contribution in [-0.2, 0) is 12.7 Å². The number of ether oxygens (including phenoxy) is 1. The second-order valence-electron chi connectivity index (χ2n) is 7.51. The molecule has 1 fully saturated rings. The fourth-order valence-corrected chi connectivity index (χ4v) is 3.85. The number of hydrogen-bond acceptors (Lipinski definition) is 4. The smallest absolute Gasteiger partial charge is 0.434 e. The summed E-state index contributed by atoms with van der Waals surface area (Å²) >= 11 is 5.90. The average Bonchev–Trinajstić information content (AvgIpc) is 3.42. The quantitative estimate of drug-likeness (QED) is 0.545. The predicted molar refractivity (Wildman–Crippen MR) is 112 cm³/mol. The van der Waals surface area contributed by atoms with E-state index in [1.54, 1.807) is 18.3 Å². The summed E-state index contributed by atoms with van der Waals surface area (Å²) in [5, 5.41) is 6.57. The highest BCUT2D eigenvalue weighted by Gasteiger charge is 2.40. The molecule has 1 aromatic carbocycles. The number of hydrogen-bond donors (Lipinski definition) is 1. The number of nitrogens with zero attached hydrogens (tertiary/aromatic N) is 3. The Labute approximate surface area is 187 Å². The molecular formula is C22H20ClF3N4O2. The number of halogens is 4. The van der Waals surface area contributed by atoms with Gasteiger partial charge in [0.15, 0.2) is 5.69 Å². The minimum absolute atomic E-state index is 0.0159. The summed E-state index contributed by atoms with van der Waals surface area (Å²) in [6.45, 7) is 0.0159. The minimum Gasteiger partial charge on any atom is -0.474 e. The van der Waals surface area contributed by atoms with Crippen molar-refractivity contribution < 1.29 is 22.7 Å². The first-order chi connectivity index (χ1) is 15.3. The van der Waals surface area contributed by atoms with Crippen LogP contribution in [0.2, 0.25) is 5.02 Å². The van der Waals surface area contributed by atoms with E-state index < -0.39 is 23.3 Å². The number of carbonyl (C=O) groups excluding carboxylic acids is 1. The van der Waals surface area contributed by atoms with Crippen molar-refractivity contribution in [1.29, 1.82) is 0 Å². The van der Waals surface area contributed by atoms with Gasteiger partial charge in [0.25, 0.3) is 5.91 Å². The van der Waals surface area contributed by atoms with Crippen LogP contribution in [0, 0.1) is 0 Å². The molecule has 0 unspecified atom stereocenters. The van der Waals surface area contributed by atoms with Crippen molar-refractivity contribution in [3.05, 3.63) is 70.6 Å². The van der Waals surface area contributed by atoms with E-state index >= 15 is 0 Å². The fraction of sp³-hybridized carbons (Fsp3) is 0.318. The molecule has 0 spiro atoms. The largest absolute Gasteiger partial charge is 0.474 e. The molecule has 0 atom stereocenters. The molecule has 0 radical (unpaired) electrons. The monoisotopic (exact) mass is 464 g/mol. The Hall–Kier alpha value is -3.07. The summed E-state index contributed by atoms with van der Waals surface area (Å²) in [5.41, 5.74) is -0.977. The van der Waals surface area contributed by atoms with Gasteiger partial charge < -0.3 is 10.1 Å². The standard InChI is InChI=1S/C22H20ClF3N4O2/c23-15-4-3-5-16(11-15)30-20(22(24,25)26)18(13-29-30)21(31)28-12-14-8-9-27-19(10-14)32-17-6-1-2-7-17/h3-5,8-11,13,17H,1-2,6-7,12H2,(H,28,31). The molecule has 0 bridgehead atoms. The Bertz CT molecular complexity index is 1110. The molecule has 0 aliphatic heterocycles. The normalized spacial score (nSPS) is 14.5. The molecule has 1 amide bonds. The third-order valence-electron chi connectivity index (χ3n) is 5.18. The first-order valence-corrected chi connectivity index (χ1v) is 10.5. The average molecular weight is 465 g/mol. The predicted octanol–water partition coefficient (Wildman–Crippen LogP) is 5.19. The highest BCUT2D eigenvalue weighted by Crippen LogP contribution is 2.34. The van der Waals surface area contributed by atoms with E-state index in [4.69, 9.17) is 16.3 Å². The van der Waals surface area contributed by atoms with Gasteiger partial charge >= 0.3 is 6.18 Å². The fourth-order valence-electron chi connectivity index (χ4n) is 3.67. The van der Waals surface area contributed by atoms with Gasteiger partial charge in [-0.2, -0.15) is 18.3 Å². The van der Waals surface area contributed by atoms with Crippen LogP contribution in [0.5, 0.6) is 5.88 Å². The summed E-state index contributed by atoms with van der Waals surface area (Å²) in [6, 6.07) is 9.16. The van der Waals surface area contributed by atoms with Crippen molar-refractivity contribution in [2.24, 2.45) is 0 Å². The van der Waals surface area contributed by atoms with Gasteiger partial charge in [-0.25, -0.2) is 9.67 Å². The number of aromatic nitrogens is 3. The molecule has 1 aliphatic rings. The van der Waals surface area contributed by atoms with Gasteiger partial charge in [-0.1, -0.05) is 17.7 Å². The summed E-state index contributed by atoms with van der Waals surface area (Å²) in [5.74, 6) is -0.450. The zero-order valence-corrected chi connectivity index (χ0v) is 17.7. The van der Waals surface area contributed by atoms with Crippen molar-refractivity contribution in [2.45, 2.75) is 44.5 Å². The lowest BCUT2D eigenvalue weighted by Gasteiger charge is -2.14. The van der Waals surface area contributed by atoms with Crippen LogP contribution in [0.3, 0.4) is 0 Å². The summed E-state index contributed by atoms with van der Waals surface area (Å²) < 4.78 is 47.9. The molecule has 10 heteroatoms. The summed E-state index contributed by atoms with van der Waals surface area (Å²) in [4.78, 5) is 16.8. The molecule has 168 valence electrons. The minimum atomic E-state index is -4.80. The molecule has 0 saturated heterocycles. The molecule has 6 nitrogen and oxygen atoms in total. The highest BCUT2D eigenvalue weighted by atomic mass is 35.5. The van der Waals surface area contributed by atoms with E-state index in [2.05, 4.69) is 15.4 Å². The molecule has 1 saturated carbocycles. The maximum atomic E-state index is 13.8. The van der Waals surface area contributed by atoms with Crippen LogP contribution in [0.1, 0.15) is 47.3 Å². The van der Waals surface area contributed by atoms with E-state index in [-0.39, 0.29) is 23.4 Å². The molecule has 1 N–H and O–H groups in total. The number of amides is 1. The Balaban J connectivity index is 1.51. The van der Waals surface area contributed by atoms with Crippen LogP contribution in [0.25, 0.3) is 5.69 Å². The lowest BCUT2D eigenvalue weighted by atomic mass is 10.2. The van der Waals surface area contributed by atoms with Crippen LogP contribution in [0.4, 0.5) is 13.2 Å². The van der Waals surface area contributed by atoms with Gasteiger partial charge in [0.05, 0.1) is 17.4 Å². The number of nitrogens with one attached hydrogen (secondary N) is 1. The summed E-state index contributed by atoms with van der Waals surface area (Å²) in [7, 11) is 0. The first kappa shape index (κ1) is 22.1. The van der Waals surface area contributed by atoms with Crippen molar-refractivity contribution in [1.82, 2.24) is 20.1 Å². The van der Waals surface area contributed by atoms with Crippen molar-refractivity contribution in [3.63, 3.8) is 0 Å². The molecule has 4 rings (SSSR count). The number of carbonyl (C=O) groups is 1. The Kier molecular flexibility index (Phi) is 6.36. The number of pyridine rings is 1. The van der Waals surface area contributed by atoms with E-state index in [9.17, 15) is 18.0 Å². The molecule has 3 aromatic rings. The zero-order valence-electron chi connectivity index (χ0n) is 16.9.